The summed E-state index contributed by atoms with van der Waals surface area (Å²) in [5.74, 6) is 0.0289. The van der Waals surface area contributed by atoms with E-state index < -0.39 is 5.82 Å². The van der Waals surface area contributed by atoms with Crippen LogP contribution in [0.5, 0.6) is 5.75 Å². The van der Waals surface area contributed by atoms with E-state index in [-0.39, 0.29) is 30.4 Å². The number of oxazole rings is 1. The predicted octanol–water partition coefficient (Wildman–Crippen LogP) is 3.13. The zero-order valence-corrected chi connectivity index (χ0v) is 14.2. The number of hydrogen-bond donors (Lipinski definition) is 0. The lowest BCUT2D eigenvalue weighted by Gasteiger charge is -2.25. The molecule has 138 valence electrons. The highest BCUT2D eigenvalue weighted by atomic mass is 19.1. The molecule has 2 aromatic heterocycles. The second-order valence-corrected chi connectivity index (χ2v) is 6.09. The molecule has 3 aromatic rings. The Labute approximate surface area is 153 Å². The first-order valence-electron chi connectivity index (χ1n) is 8.34. The van der Waals surface area contributed by atoms with Crippen molar-refractivity contribution in [2.75, 3.05) is 6.54 Å². The molecule has 0 N–H and O–H groups in total. The molecular formula is C19H15F2N3O3. The summed E-state index contributed by atoms with van der Waals surface area (Å²) in [5.41, 5.74) is 0.946. The molecule has 0 radical (unpaired) electrons. The Morgan fingerprint density at radius 3 is 2.93 bits per heavy atom. The number of nitrogens with zero attached hydrogens (tertiary/aromatic N) is 3. The van der Waals surface area contributed by atoms with E-state index in [1.54, 1.807) is 17.0 Å². The lowest BCUT2D eigenvalue weighted by Crippen LogP contribution is -2.35. The minimum absolute atomic E-state index is 0.0538. The quantitative estimate of drug-likeness (QED) is 0.705. The van der Waals surface area contributed by atoms with Crippen LogP contribution in [-0.2, 0) is 19.6 Å². The van der Waals surface area contributed by atoms with Gasteiger partial charge in [0.15, 0.2) is 6.61 Å². The molecule has 0 saturated carbocycles. The second-order valence-electron chi connectivity index (χ2n) is 6.09. The van der Waals surface area contributed by atoms with Gasteiger partial charge in [-0.25, -0.2) is 13.8 Å². The largest absolute Gasteiger partial charge is 0.484 e. The Balaban J connectivity index is 1.43. The fourth-order valence-corrected chi connectivity index (χ4v) is 2.90. The minimum atomic E-state index is -0.560. The van der Waals surface area contributed by atoms with E-state index in [4.69, 9.17) is 9.15 Å². The molecule has 0 atom stereocenters. The van der Waals surface area contributed by atoms with Gasteiger partial charge in [0.05, 0.1) is 24.0 Å². The Bertz CT molecular complexity index is 990. The lowest BCUT2D eigenvalue weighted by atomic mass is 10.1. The molecule has 0 saturated heterocycles. The van der Waals surface area contributed by atoms with Crippen molar-refractivity contribution in [3.05, 3.63) is 77.3 Å². The van der Waals surface area contributed by atoms with Gasteiger partial charge >= 0.3 is 0 Å². The van der Waals surface area contributed by atoms with Crippen LogP contribution in [0.3, 0.4) is 0 Å². The maximum atomic E-state index is 13.3. The number of amides is 1. The number of ether oxygens (including phenoxy) is 1. The number of carbonyl (C=O) groups excluding carboxylic acids is 1. The van der Waals surface area contributed by atoms with Crippen LogP contribution in [-0.4, -0.2) is 27.3 Å². The number of halogens is 2. The molecule has 0 unspecified atom stereocenters. The summed E-state index contributed by atoms with van der Waals surface area (Å²) in [7, 11) is 0. The standard InChI is InChI=1S/C19H15F2N3O3/c20-13-2-1-3-15(7-13)26-11-18-23-16-4-5-24(10-17(16)27-18)19(25)12-6-14(21)9-22-8-12/h1-3,6-9H,4-5,10-11H2. The van der Waals surface area contributed by atoms with Crippen LogP contribution in [0.25, 0.3) is 0 Å². The van der Waals surface area contributed by atoms with Crippen LogP contribution < -0.4 is 4.74 Å². The molecule has 0 bridgehead atoms. The highest BCUT2D eigenvalue weighted by molar-refractivity contribution is 5.94. The molecule has 3 heterocycles. The predicted molar refractivity (Wildman–Crippen MR) is 89.9 cm³/mol. The van der Waals surface area contributed by atoms with Gasteiger partial charge in [-0.15, -0.1) is 0 Å². The number of aromatic nitrogens is 2. The summed E-state index contributed by atoms with van der Waals surface area (Å²) in [4.78, 5) is 22.1. The molecular weight excluding hydrogens is 356 g/mol. The van der Waals surface area contributed by atoms with Crippen LogP contribution in [0.2, 0.25) is 0 Å². The monoisotopic (exact) mass is 371 g/mol. The van der Waals surface area contributed by atoms with Crippen LogP contribution in [0.1, 0.15) is 27.7 Å². The summed E-state index contributed by atoms with van der Waals surface area (Å²) in [5, 5.41) is 0. The van der Waals surface area contributed by atoms with Gasteiger partial charge in [-0.05, 0) is 18.2 Å². The van der Waals surface area contributed by atoms with Gasteiger partial charge < -0.3 is 14.1 Å². The second kappa shape index (κ2) is 7.14. The van der Waals surface area contributed by atoms with Gasteiger partial charge in [-0.2, -0.15) is 0 Å². The van der Waals surface area contributed by atoms with Gasteiger partial charge in [-0.3, -0.25) is 9.78 Å². The van der Waals surface area contributed by atoms with Crippen LogP contribution in [0, 0.1) is 11.6 Å². The molecule has 27 heavy (non-hydrogen) atoms. The van der Waals surface area contributed by atoms with Gasteiger partial charge in [0.25, 0.3) is 5.91 Å². The summed E-state index contributed by atoms with van der Waals surface area (Å²) in [6, 6.07) is 6.95. The highest BCUT2D eigenvalue weighted by Gasteiger charge is 2.26. The van der Waals surface area contributed by atoms with Crippen molar-refractivity contribution in [2.45, 2.75) is 19.6 Å². The first-order chi connectivity index (χ1) is 13.1. The number of fused-ring (bicyclic) bond motifs is 1. The Morgan fingerprint density at radius 1 is 1.22 bits per heavy atom. The molecule has 8 heteroatoms. The lowest BCUT2D eigenvalue weighted by molar-refractivity contribution is 0.0717. The van der Waals surface area contributed by atoms with Crippen molar-refractivity contribution < 1.29 is 22.7 Å². The summed E-state index contributed by atoms with van der Waals surface area (Å²) in [6.45, 7) is 0.731. The number of rotatable bonds is 4. The van der Waals surface area contributed by atoms with E-state index >= 15 is 0 Å². The van der Waals surface area contributed by atoms with Crippen molar-refractivity contribution >= 4 is 5.91 Å². The fourth-order valence-electron chi connectivity index (χ4n) is 2.90. The van der Waals surface area contributed by atoms with Gasteiger partial charge in [0.1, 0.15) is 23.1 Å². The van der Waals surface area contributed by atoms with Crippen molar-refractivity contribution in [3.8, 4) is 5.75 Å². The molecule has 1 aliphatic rings. The summed E-state index contributed by atoms with van der Waals surface area (Å²) in [6.07, 6.45) is 2.90. The minimum Gasteiger partial charge on any atom is -0.484 e. The zero-order chi connectivity index (χ0) is 18.8. The fraction of sp³-hybridized carbons (Fsp3) is 0.211. The van der Waals surface area contributed by atoms with E-state index in [1.165, 1.54) is 18.3 Å². The molecule has 1 aromatic carbocycles. The summed E-state index contributed by atoms with van der Waals surface area (Å²) < 4.78 is 37.6. The summed E-state index contributed by atoms with van der Waals surface area (Å²) >= 11 is 0. The van der Waals surface area contributed by atoms with Crippen molar-refractivity contribution in [1.29, 1.82) is 0 Å². The van der Waals surface area contributed by atoms with Crippen molar-refractivity contribution in [1.82, 2.24) is 14.9 Å². The van der Waals surface area contributed by atoms with E-state index in [0.29, 0.717) is 30.4 Å². The number of carbonyl (C=O) groups is 1. The van der Waals surface area contributed by atoms with Crippen LogP contribution in [0.4, 0.5) is 8.78 Å². The van der Waals surface area contributed by atoms with E-state index in [2.05, 4.69) is 9.97 Å². The maximum Gasteiger partial charge on any atom is 0.255 e. The topological polar surface area (TPSA) is 68.5 Å². The van der Waals surface area contributed by atoms with Crippen molar-refractivity contribution in [2.24, 2.45) is 0 Å². The van der Waals surface area contributed by atoms with Crippen molar-refractivity contribution in [3.63, 3.8) is 0 Å². The van der Waals surface area contributed by atoms with E-state index in [1.807, 2.05) is 0 Å². The smallest absolute Gasteiger partial charge is 0.255 e. The van der Waals surface area contributed by atoms with Gasteiger partial charge in [0.2, 0.25) is 5.89 Å². The Kier molecular flexibility index (Phi) is 4.53. The Hall–Kier alpha value is -3.29. The van der Waals surface area contributed by atoms with Gasteiger partial charge in [0, 0.05) is 25.2 Å². The van der Waals surface area contributed by atoms with Crippen LogP contribution >= 0.6 is 0 Å². The number of pyridine rings is 1. The molecule has 0 fully saturated rings. The molecule has 6 nitrogen and oxygen atoms in total. The third-order valence-electron chi connectivity index (χ3n) is 4.17. The average Bonchev–Trinajstić information content (AvgIpc) is 3.08. The first-order valence-corrected chi connectivity index (χ1v) is 8.34. The third kappa shape index (κ3) is 3.79. The SMILES string of the molecule is O=C(c1cncc(F)c1)N1CCc2nc(COc3cccc(F)c3)oc2C1. The first kappa shape index (κ1) is 17.1. The van der Waals surface area contributed by atoms with Crippen LogP contribution in [0.15, 0.2) is 47.1 Å². The number of benzene rings is 1. The Morgan fingerprint density at radius 2 is 2.11 bits per heavy atom. The molecule has 1 aliphatic heterocycles. The normalized spacial score (nSPS) is 13.3. The number of hydrogen-bond acceptors (Lipinski definition) is 5. The molecule has 4 rings (SSSR count). The third-order valence-corrected chi connectivity index (χ3v) is 4.17. The molecule has 0 spiro atoms. The maximum absolute atomic E-state index is 13.3. The zero-order valence-electron chi connectivity index (χ0n) is 14.2. The molecule has 0 aliphatic carbocycles. The van der Waals surface area contributed by atoms with E-state index in [0.717, 1.165) is 18.0 Å². The molecule has 1 amide bonds. The van der Waals surface area contributed by atoms with Gasteiger partial charge in [-0.1, -0.05) is 6.07 Å². The average molecular weight is 371 g/mol. The highest BCUT2D eigenvalue weighted by Crippen LogP contribution is 2.22. The van der Waals surface area contributed by atoms with E-state index in [9.17, 15) is 13.6 Å².